The van der Waals surface area contributed by atoms with Crippen LogP contribution in [-0.2, 0) is 6.18 Å². The second-order valence-electron chi connectivity index (χ2n) is 12.8. The lowest BCUT2D eigenvalue weighted by Crippen LogP contribution is -2.11. The lowest BCUT2D eigenvalue weighted by atomic mass is 9.92. The number of halogens is 3. The van der Waals surface area contributed by atoms with Crippen molar-refractivity contribution in [2.75, 3.05) is 0 Å². The zero-order chi connectivity index (χ0) is 35.1. The zero-order valence-corrected chi connectivity index (χ0v) is 27.7. The molecule has 8 aromatic rings. The molecule has 0 aliphatic rings. The molecule has 2 heterocycles. The predicted molar refractivity (Wildman–Crippen MR) is 195 cm³/mol. The van der Waals surface area contributed by atoms with Gasteiger partial charge in [-0.3, -0.25) is 0 Å². The molecule has 0 radical (unpaired) electrons. The summed E-state index contributed by atoms with van der Waals surface area (Å²) >= 11 is 0. The maximum Gasteiger partial charge on any atom is 0.415 e. The first-order chi connectivity index (χ1) is 24.1. The number of alkyl halides is 3. The fourth-order valence-electron chi connectivity index (χ4n) is 7.84. The van der Waals surface area contributed by atoms with Crippen LogP contribution in [0.2, 0.25) is 0 Å². The minimum atomic E-state index is -4.76. The first kappa shape index (κ1) is 31.0. The van der Waals surface area contributed by atoms with E-state index in [0.717, 1.165) is 71.9 Å². The maximum absolute atomic E-state index is 14.9. The molecular weight excluding hydrogens is 629 g/mol. The van der Waals surface area contributed by atoms with Crippen LogP contribution in [0.1, 0.15) is 33.4 Å². The molecule has 2 aromatic heterocycles. The van der Waals surface area contributed by atoms with Crippen LogP contribution in [-0.4, -0.2) is 9.13 Å². The number of nitrogens with zero attached hydrogens (tertiary/aromatic N) is 4. The van der Waals surface area contributed by atoms with Crippen LogP contribution < -0.4 is 0 Å². The van der Waals surface area contributed by atoms with Gasteiger partial charge in [0.2, 0.25) is 0 Å². The lowest BCUT2D eigenvalue weighted by molar-refractivity contribution is -0.137. The van der Waals surface area contributed by atoms with Crippen LogP contribution in [0.4, 0.5) is 18.9 Å². The molecule has 0 amide bonds. The Morgan fingerprint density at radius 1 is 0.600 bits per heavy atom. The first-order valence-electron chi connectivity index (χ1n) is 16.2. The maximum atomic E-state index is 14.9. The minimum absolute atomic E-state index is 0.143. The highest BCUT2D eigenvalue weighted by Gasteiger charge is 2.36. The highest BCUT2D eigenvalue weighted by molar-refractivity contribution is 6.14. The number of aryl methyl sites for hydroxylation is 4. The Morgan fingerprint density at radius 2 is 1.04 bits per heavy atom. The van der Waals surface area contributed by atoms with Gasteiger partial charge in [-0.05, 0) is 61.6 Å². The van der Waals surface area contributed by atoms with Crippen molar-refractivity contribution in [2.24, 2.45) is 0 Å². The highest BCUT2D eigenvalue weighted by Crippen LogP contribution is 2.48. The van der Waals surface area contributed by atoms with E-state index in [4.69, 9.17) is 6.57 Å². The third kappa shape index (κ3) is 4.30. The highest BCUT2D eigenvalue weighted by atomic mass is 19.4. The Morgan fingerprint density at radius 3 is 1.46 bits per heavy atom. The Labute approximate surface area is 286 Å². The number of nitriles is 1. The number of para-hydroxylation sites is 4. The average Bonchev–Trinajstić information content (AvgIpc) is 3.63. The van der Waals surface area contributed by atoms with Gasteiger partial charge in [0.15, 0.2) is 5.69 Å². The van der Waals surface area contributed by atoms with Crippen molar-refractivity contribution < 1.29 is 13.2 Å². The summed E-state index contributed by atoms with van der Waals surface area (Å²) in [6.45, 7) is 16.0. The number of fused-ring (bicyclic) bond motifs is 6. The molecule has 0 atom stereocenters. The summed E-state index contributed by atoms with van der Waals surface area (Å²) < 4.78 is 48.8. The van der Waals surface area contributed by atoms with Crippen molar-refractivity contribution in [2.45, 2.75) is 33.9 Å². The summed E-state index contributed by atoms with van der Waals surface area (Å²) in [5.74, 6) is 0. The fraction of sp³-hybridized carbons (Fsp3) is 0.116. The summed E-state index contributed by atoms with van der Waals surface area (Å²) in [5, 5.41) is 15.2. The Kier molecular flexibility index (Phi) is 6.89. The van der Waals surface area contributed by atoms with Gasteiger partial charge in [-0.15, -0.1) is 0 Å². The van der Waals surface area contributed by atoms with Gasteiger partial charge in [0.05, 0.1) is 45.6 Å². The van der Waals surface area contributed by atoms with Crippen molar-refractivity contribution in [1.82, 2.24) is 9.13 Å². The van der Waals surface area contributed by atoms with E-state index in [0.29, 0.717) is 11.4 Å². The predicted octanol–water partition coefficient (Wildman–Crippen LogP) is 12.2. The molecular formula is C43H29F3N4. The van der Waals surface area contributed by atoms with E-state index >= 15 is 0 Å². The van der Waals surface area contributed by atoms with Crippen LogP contribution in [0, 0.1) is 45.6 Å². The molecule has 6 aromatic carbocycles. The van der Waals surface area contributed by atoms with E-state index in [-0.39, 0.29) is 22.4 Å². The molecule has 0 spiro atoms. The monoisotopic (exact) mass is 658 g/mol. The minimum Gasteiger partial charge on any atom is -0.307 e. The standard InChI is InChI=1S/C43H29F3N4/c1-24-11-6-15-28-29-16-7-12-25(2)39(29)49(38(24)28)36-22-21-32(37-34(43(44,45)46)19-10-20-35(37)48-5)42(33(36)23-47)50-40-26(3)13-8-17-30(40)31-18-9-14-27(4)41(31)50/h6-22H,1-4H3. The van der Waals surface area contributed by atoms with Gasteiger partial charge >= 0.3 is 6.18 Å². The Bertz CT molecular complexity index is 2700. The molecule has 0 aliphatic carbocycles. The van der Waals surface area contributed by atoms with Gasteiger partial charge in [0, 0.05) is 27.1 Å². The van der Waals surface area contributed by atoms with Crippen molar-refractivity contribution in [3.05, 3.63) is 148 Å². The van der Waals surface area contributed by atoms with Crippen molar-refractivity contribution in [1.29, 1.82) is 5.26 Å². The smallest absolute Gasteiger partial charge is 0.307 e. The van der Waals surface area contributed by atoms with Gasteiger partial charge < -0.3 is 9.13 Å². The molecule has 0 aliphatic heterocycles. The van der Waals surface area contributed by atoms with E-state index in [9.17, 15) is 18.4 Å². The van der Waals surface area contributed by atoms with Gasteiger partial charge in [-0.2, -0.15) is 18.4 Å². The van der Waals surface area contributed by atoms with E-state index < -0.39 is 11.7 Å². The summed E-state index contributed by atoms with van der Waals surface area (Å²) in [5.41, 5.74) is 7.07. The van der Waals surface area contributed by atoms with Crippen molar-refractivity contribution >= 4 is 49.3 Å². The molecule has 0 N–H and O–H groups in total. The van der Waals surface area contributed by atoms with E-state index in [1.54, 1.807) is 12.1 Å². The van der Waals surface area contributed by atoms with E-state index in [2.05, 4.69) is 27.6 Å². The molecule has 0 saturated heterocycles. The number of benzene rings is 6. The molecule has 50 heavy (non-hydrogen) atoms. The van der Waals surface area contributed by atoms with Gasteiger partial charge in [0.1, 0.15) is 11.6 Å². The molecule has 8 rings (SSSR count). The normalized spacial score (nSPS) is 11.9. The second kappa shape index (κ2) is 11.1. The quantitative estimate of drug-likeness (QED) is 0.174. The van der Waals surface area contributed by atoms with Crippen molar-refractivity contribution in [3.63, 3.8) is 0 Å². The number of hydrogen-bond donors (Lipinski definition) is 0. The summed E-state index contributed by atoms with van der Waals surface area (Å²) in [4.78, 5) is 3.59. The molecule has 0 bridgehead atoms. The first-order valence-corrected chi connectivity index (χ1v) is 16.2. The van der Waals surface area contributed by atoms with E-state index in [1.165, 1.54) is 12.1 Å². The second-order valence-corrected chi connectivity index (χ2v) is 12.8. The van der Waals surface area contributed by atoms with Crippen LogP contribution in [0.3, 0.4) is 0 Å². The van der Waals surface area contributed by atoms with E-state index in [1.807, 2.05) is 92.9 Å². The van der Waals surface area contributed by atoms with Crippen LogP contribution in [0.15, 0.2) is 103 Å². The van der Waals surface area contributed by atoms with Crippen molar-refractivity contribution in [3.8, 4) is 28.6 Å². The third-order valence-corrected chi connectivity index (χ3v) is 9.90. The molecule has 0 saturated carbocycles. The summed E-state index contributed by atoms with van der Waals surface area (Å²) in [6, 6.07) is 33.6. The molecule has 0 unspecified atom stereocenters. The fourth-order valence-corrected chi connectivity index (χ4v) is 7.84. The summed E-state index contributed by atoms with van der Waals surface area (Å²) in [6.07, 6.45) is -4.76. The Balaban J connectivity index is 1.67. The molecule has 0 fully saturated rings. The topological polar surface area (TPSA) is 38.0 Å². The Hall–Kier alpha value is -6.31. The molecule has 7 heteroatoms. The van der Waals surface area contributed by atoms with Crippen LogP contribution in [0.5, 0.6) is 0 Å². The zero-order valence-electron chi connectivity index (χ0n) is 27.7. The summed E-state index contributed by atoms with van der Waals surface area (Å²) in [7, 11) is 0. The number of aromatic nitrogens is 2. The third-order valence-electron chi connectivity index (χ3n) is 9.90. The average molecular weight is 659 g/mol. The number of hydrogen-bond acceptors (Lipinski definition) is 1. The van der Waals surface area contributed by atoms with Crippen LogP contribution in [0.25, 0.3) is 71.0 Å². The largest absolute Gasteiger partial charge is 0.415 e. The van der Waals surface area contributed by atoms with Gasteiger partial charge in [-0.25, -0.2) is 4.85 Å². The lowest BCUT2D eigenvalue weighted by Gasteiger charge is -2.23. The molecule has 242 valence electrons. The molecule has 4 nitrogen and oxygen atoms in total. The number of rotatable bonds is 3. The SMILES string of the molecule is [C-]#[N+]c1cccc(C(F)(F)F)c1-c1ccc(-n2c3c(C)cccc3c3cccc(C)c32)c(C#N)c1-n1c2c(C)cccc2c2cccc(C)c21. The van der Waals surface area contributed by atoms with Gasteiger partial charge in [0.25, 0.3) is 0 Å². The van der Waals surface area contributed by atoms with Gasteiger partial charge in [-0.1, -0.05) is 97.1 Å². The van der Waals surface area contributed by atoms with Crippen LogP contribution >= 0.6 is 0 Å².